The molecular formula is C20H20FN3O2S. The third-order valence-corrected chi connectivity index (χ3v) is 6.20. The van der Waals surface area contributed by atoms with Gasteiger partial charge in [0.05, 0.1) is 11.3 Å². The summed E-state index contributed by atoms with van der Waals surface area (Å²) in [7, 11) is 0. The molecule has 27 heavy (non-hydrogen) atoms. The molecule has 0 N–H and O–H groups in total. The van der Waals surface area contributed by atoms with Crippen LogP contribution in [0.3, 0.4) is 0 Å². The van der Waals surface area contributed by atoms with Crippen LogP contribution in [0.1, 0.15) is 23.3 Å². The second-order valence-electron chi connectivity index (χ2n) is 6.80. The first kappa shape index (κ1) is 17.9. The maximum absolute atomic E-state index is 13.3. The van der Waals surface area contributed by atoms with Crippen molar-refractivity contribution >= 4 is 33.3 Å². The number of aryl methyl sites for hydroxylation is 2. The van der Waals surface area contributed by atoms with Crippen LogP contribution in [0.25, 0.3) is 10.2 Å². The molecule has 140 valence electrons. The first-order chi connectivity index (χ1) is 13.0. The number of nitrogens with zero attached hydrogens (tertiary/aromatic N) is 3. The maximum atomic E-state index is 13.3. The van der Waals surface area contributed by atoms with Crippen LogP contribution in [0.4, 0.5) is 10.2 Å². The number of esters is 1. The van der Waals surface area contributed by atoms with Crippen molar-refractivity contribution in [1.82, 2.24) is 9.97 Å². The van der Waals surface area contributed by atoms with Crippen molar-refractivity contribution < 1.29 is 13.9 Å². The van der Waals surface area contributed by atoms with Crippen molar-refractivity contribution in [3.05, 3.63) is 46.9 Å². The number of fused-ring (bicyclic) bond motifs is 1. The minimum absolute atomic E-state index is 0.188. The van der Waals surface area contributed by atoms with Gasteiger partial charge in [0, 0.05) is 24.0 Å². The lowest BCUT2D eigenvalue weighted by molar-refractivity contribution is -0.139. The molecule has 0 atom stereocenters. The fraction of sp³-hybridized carbons (Fsp3) is 0.350. The number of hydrogen-bond donors (Lipinski definition) is 0. The third kappa shape index (κ3) is 3.51. The van der Waals surface area contributed by atoms with E-state index < -0.39 is 5.82 Å². The summed E-state index contributed by atoms with van der Waals surface area (Å²) in [6.45, 7) is 5.65. The molecule has 3 aromatic rings. The topological polar surface area (TPSA) is 55.3 Å². The number of benzene rings is 1. The number of piperidine rings is 1. The smallest absolute Gasteiger partial charge is 0.314 e. The minimum atomic E-state index is -0.413. The zero-order chi connectivity index (χ0) is 19.0. The molecule has 0 unspecified atom stereocenters. The first-order valence-corrected chi connectivity index (χ1v) is 9.77. The van der Waals surface area contributed by atoms with E-state index in [0.717, 1.165) is 29.1 Å². The van der Waals surface area contributed by atoms with Gasteiger partial charge in [-0.1, -0.05) is 6.07 Å². The minimum Gasteiger partial charge on any atom is -0.426 e. The van der Waals surface area contributed by atoms with E-state index in [2.05, 4.69) is 28.7 Å². The summed E-state index contributed by atoms with van der Waals surface area (Å²) in [5.41, 5.74) is 1.22. The summed E-state index contributed by atoms with van der Waals surface area (Å²) in [4.78, 5) is 25.8. The van der Waals surface area contributed by atoms with Crippen LogP contribution in [-0.4, -0.2) is 29.0 Å². The average molecular weight is 385 g/mol. The van der Waals surface area contributed by atoms with Crippen molar-refractivity contribution in [3.8, 4) is 5.75 Å². The van der Waals surface area contributed by atoms with Crippen molar-refractivity contribution in [2.45, 2.75) is 26.7 Å². The summed E-state index contributed by atoms with van der Waals surface area (Å²) in [6, 6.07) is 5.68. The highest BCUT2D eigenvalue weighted by Gasteiger charge is 2.28. The molecule has 0 bridgehead atoms. The normalized spacial score (nSPS) is 15.3. The number of ether oxygens (including phenoxy) is 1. The number of hydrogen-bond acceptors (Lipinski definition) is 6. The Bertz CT molecular complexity index is 996. The van der Waals surface area contributed by atoms with Crippen LogP contribution in [0.2, 0.25) is 0 Å². The average Bonchev–Trinajstić information content (AvgIpc) is 2.96. The predicted octanol–water partition coefficient (Wildman–Crippen LogP) is 4.27. The summed E-state index contributed by atoms with van der Waals surface area (Å²) < 4.78 is 18.6. The first-order valence-electron chi connectivity index (χ1n) is 8.96. The Kier molecular flexibility index (Phi) is 4.78. The number of carbonyl (C=O) groups is 1. The molecule has 4 rings (SSSR count). The molecule has 2 aromatic heterocycles. The zero-order valence-electron chi connectivity index (χ0n) is 15.2. The van der Waals surface area contributed by atoms with Crippen LogP contribution < -0.4 is 9.64 Å². The lowest BCUT2D eigenvalue weighted by atomic mass is 9.96. The van der Waals surface area contributed by atoms with Gasteiger partial charge in [-0.05, 0) is 44.4 Å². The molecule has 5 nitrogen and oxygen atoms in total. The van der Waals surface area contributed by atoms with Crippen LogP contribution >= 0.6 is 11.3 Å². The quantitative estimate of drug-likeness (QED) is 0.498. The van der Waals surface area contributed by atoms with Crippen LogP contribution in [0.15, 0.2) is 30.6 Å². The Morgan fingerprint density at radius 1 is 1.26 bits per heavy atom. The van der Waals surface area contributed by atoms with Crippen molar-refractivity contribution in [1.29, 1.82) is 0 Å². The molecule has 3 heterocycles. The Hall–Kier alpha value is -2.54. The Balaban J connectivity index is 1.46. The summed E-state index contributed by atoms with van der Waals surface area (Å²) in [5.74, 6) is 0.301. The van der Waals surface area contributed by atoms with Gasteiger partial charge >= 0.3 is 5.97 Å². The number of halogens is 1. The highest BCUT2D eigenvalue weighted by atomic mass is 32.1. The lowest BCUT2D eigenvalue weighted by Crippen LogP contribution is -2.38. The lowest BCUT2D eigenvalue weighted by Gasteiger charge is -2.32. The van der Waals surface area contributed by atoms with E-state index in [1.54, 1.807) is 23.7 Å². The number of anilines is 1. The largest absolute Gasteiger partial charge is 0.426 e. The molecule has 0 aliphatic carbocycles. The molecule has 7 heteroatoms. The van der Waals surface area contributed by atoms with E-state index in [9.17, 15) is 9.18 Å². The fourth-order valence-electron chi connectivity index (χ4n) is 3.46. The fourth-order valence-corrected chi connectivity index (χ4v) is 4.45. The van der Waals surface area contributed by atoms with Gasteiger partial charge in [-0.3, -0.25) is 4.79 Å². The van der Waals surface area contributed by atoms with Gasteiger partial charge in [0.15, 0.2) is 0 Å². The SMILES string of the molecule is Cc1sc2ncnc(N3CCC(C(=O)Oc4cccc(F)c4)CC3)c2c1C. The summed E-state index contributed by atoms with van der Waals surface area (Å²) in [5, 5.41) is 1.11. The maximum Gasteiger partial charge on any atom is 0.314 e. The van der Waals surface area contributed by atoms with Crippen LogP contribution in [0, 0.1) is 25.6 Å². The molecule has 0 amide bonds. The molecule has 0 saturated carbocycles. The number of thiophene rings is 1. The monoisotopic (exact) mass is 385 g/mol. The Labute approximate surface area is 160 Å². The van der Waals surface area contributed by atoms with E-state index in [0.29, 0.717) is 12.8 Å². The molecular weight excluding hydrogens is 365 g/mol. The zero-order valence-corrected chi connectivity index (χ0v) is 16.1. The molecule has 0 radical (unpaired) electrons. The molecule has 0 spiro atoms. The van der Waals surface area contributed by atoms with E-state index in [4.69, 9.17) is 4.74 Å². The molecule has 1 aromatic carbocycles. The molecule has 1 saturated heterocycles. The van der Waals surface area contributed by atoms with Gasteiger partial charge in [0.25, 0.3) is 0 Å². The Morgan fingerprint density at radius 3 is 2.78 bits per heavy atom. The highest BCUT2D eigenvalue weighted by molar-refractivity contribution is 7.18. The summed E-state index contributed by atoms with van der Waals surface area (Å²) in [6.07, 6.45) is 2.97. The Morgan fingerprint density at radius 2 is 2.04 bits per heavy atom. The second-order valence-corrected chi connectivity index (χ2v) is 8.00. The molecule has 1 aliphatic rings. The summed E-state index contributed by atoms with van der Waals surface area (Å²) >= 11 is 1.68. The molecule has 1 fully saturated rings. The van der Waals surface area contributed by atoms with E-state index >= 15 is 0 Å². The number of rotatable bonds is 3. The third-order valence-electron chi connectivity index (χ3n) is 5.09. The standard InChI is InChI=1S/C20H20FN3O2S/c1-12-13(2)27-19-17(12)18(22-11-23-19)24-8-6-14(7-9-24)20(25)26-16-5-3-4-15(21)10-16/h3-5,10-11,14H,6-9H2,1-2H3. The van der Waals surface area contributed by atoms with Gasteiger partial charge in [0.2, 0.25) is 0 Å². The van der Waals surface area contributed by atoms with E-state index in [1.165, 1.54) is 28.6 Å². The van der Waals surface area contributed by atoms with Gasteiger partial charge < -0.3 is 9.64 Å². The van der Waals surface area contributed by atoms with Gasteiger partial charge in [-0.15, -0.1) is 11.3 Å². The predicted molar refractivity (Wildman–Crippen MR) is 104 cm³/mol. The van der Waals surface area contributed by atoms with Gasteiger partial charge in [-0.25, -0.2) is 14.4 Å². The van der Waals surface area contributed by atoms with Crippen molar-refractivity contribution in [3.63, 3.8) is 0 Å². The van der Waals surface area contributed by atoms with Crippen molar-refractivity contribution in [2.75, 3.05) is 18.0 Å². The second kappa shape index (κ2) is 7.23. The van der Waals surface area contributed by atoms with Gasteiger partial charge in [-0.2, -0.15) is 0 Å². The number of aromatic nitrogens is 2. The van der Waals surface area contributed by atoms with Crippen LogP contribution in [-0.2, 0) is 4.79 Å². The van der Waals surface area contributed by atoms with E-state index in [-0.39, 0.29) is 17.6 Å². The van der Waals surface area contributed by atoms with E-state index in [1.807, 2.05) is 0 Å². The van der Waals surface area contributed by atoms with Crippen LogP contribution in [0.5, 0.6) is 5.75 Å². The molecule has 1 aliphatic heterocycles. The van der Waals surface area contributed by atoms with Crippen molar-refractivity contribution in [2.24, 2.45) is 5.92 Å². The highest BCUT2D eigenvalue weighted by Crippen LogP contribution is 2.35. The number of carbonyl (C=O) groups excluding carboxylic acids is 1. The van der Waals surface area contributed by atoms with Gasteiger partial charge in [0.1, 0.15) is 28.5 Å².